The van der Waals surface area contributed by atoms with Gasteiger partial charge in [0.25, 0.3) is 5.91 Å². The molecular weight excluding hydrogens is 537 g/mol. The van der Waals surface area contributed by atoms with Crippen molar-refractivity contribution in [3.63, 3.8) is 0 Å². The van der Waals surface area contributed by atoms with E-state index in [2.05, 4.69) is 15.9 Å². The smallest absolute Gasteiger partial charge is 0.273 e. The first-order chi connectivity index (χ1) is 16.1. The Morgan fingerprint density at radius 2 is 1.56 bits per heavy atom. The number of anilines is 2. The van der Waals surface area contributed by atoms with Gasteiger partial charge in [-0.3, -0.25) is 14.4 Å². The highest BCUT2D eigenvalue weighted by Crippen LogP contribution is 2.48. The number of rotatable bonds is 3. The van der Waals surface area contributed by atoms with Crippen molar-refractivity contribution in [1.82, 2.24) is 0 Å². The van der Waals surface area contributed by atoms with E-state index in [0.717, 1.165) is 27.6 Å². The summed E-state index contributed by atoms with van der Waals surface area (Å²) in [5, 5.41) is 2.00. The van der Waals surface area contributed by atoms with Gasteiger partial charge in [0.15, 0.2) is 6.10 Å². The second-order valence-electron chi connectivity index (χ2n) is 7.91. The molecule has 2 aliphatic heterocycles. The summed E-state index contributed by atoms with van der Waals surface area (Å²) in [6.07, 6.45) is -5.81. The number of imide groups is 1. The van der Waals surface area contributed by atoms with E-state index >= 15 is 0 Å². The van der Waals surface area contributed by atoms with Gasteiger partial charge in [-0.25, -0.2) is 9.96 Å². The minimum atomic E-state index is -4.61. The van der Waals surface area contributed by atoms with E-state index in [0.29, 0.717) is 16.3 Å². The number of fused-ring (bicyclic) bond motifs is 1. The molecule has 0 saturated carbocycles. The number of carbonyl (C=O) groups is 2. The molecule has 3 aromatic carbocycles. The molecule has 2 fully saturated rings. The second kappa shape index (κ2) is 8.41. The minimum absolute atomic E-state index is 0.147. The molecule has 10 heteroatoms. The van der Waals surface area contributed by atoms with Crippen molar-refractivity contribution < 1.29 is 27.6 Å². The fourth-order valence-corrected chi connectivity index (χ4v) is 4.84. The lowest BCUT2D eigenvalue weighted by Crippen LogP contribution is -2.37. The van der Waals surface area contributed by atoms with Crippen molar-refractivity contribution in [3.8, 4) is 0 Å². The summed E-state index contributed by atoms with van der Waals surface area (Å²) in [7, 11) is 0. The maximum absolute atomic E-state index is 13.5. The van der Waals surface area contributed by atoms with Crippen LogP contribution >= 0.6 is 27.5 Å². The summed E-state index contributed by atoms with van der Waals surface area (Å²) < 4.78 is 40.5. The van der Waals surface area contributed by atoms with Crippen molar-refractivity contribution in [2.45, 2.75) is 18.3 Å². The van der Waals surface area contributed by atoms with Gasteiger partial charge in [-0.2, -0.15) is 13.2 Å². The Bertz CT molecular complexity index is 1280. The number of halogens is 5. The highest BCUT2D eigenvalue weighted by molar-refractivity contribution is 9.10. The Morgan fingerprint density at radius 3 is 2.24 bits per heavy atom. The third kappa shape index (κ3) is 3.87. The van der Waals surface area contributed by atoms with Crippen LogP contribution in [0.2, 0.25) is 5.02 Å². The molecule has 0 unspecified atom stereocenters. The fraction of sp³-hybridized carbons (Fsp3) is 0.167. The van der Waals surface area contributed by atoms with Crippen molar-refractivity contribution in [3.05, 3.63) is 93.4 Å². The van der Waals surface area contributed by atoms with Crippen LogP contribution in [0, 0.1) is 5.92 Å². The Morgan fingerprint density at radius 1 is 0.882 bits per heavy atom. The fourth-order valence-electron chi connectivity index (χ4n) is 4.33. The molecule has 0 aliphatic carbocycles. The molecule has 0 spiro atoms. The molecule has 0 aromatic heterocycles. The van der Waals surface area contributed by atoms with Crippen LogP contribution in [0.4, 0.5) is 24.5 Å². The summed E-state index contributed by atoms with van der Waals surface area (Å²) in [6, 6.07) is 17.4. The number of alkyl halides is 3. The minimum Gasteiger partial charge on any atom is -0.273 e. The van der Waals surface area contributed by atoms with Gasteiger partial charge in [0.2, 0.25) is 5.91 Å². The zero-order valence-corrected chi connectivity index (χ0v) is 19.5. The van der Waals surface area contributed by atoms with Crippen LogP contribution in [-0.2, 0) is 20.6 Å². The van der Waals surface area contributed by atoms with E-state index < -0.39 is 41.6 Å². The standard InChI is InChI=1S/C24H15BrClF3N2O3/c25-15-4-2-6-18(12-15)31-20(13-7-9-16(26)10-8-13)19-21(34-31)23(33)30(22(19)32)17-5-1-3-14(11-17)24(27,28)29/h1-12,19-21H/t19-,20-,21+/m1/s1. The zero-order chi connectivity index (χ0) is 24.2. The zero-order valence-electron chi connectivity index (χ0n) is 17.2. The summed E-state index contributed by atoms with van der Waals surface area (Å²) in [6.45, 7) is 0. The van der Waals surface area contributed by atoms with Gasteiger partial charge in [-0.15, -0.1) is 0 Å². The highest BCUT2D eigenvalue weighted by Gasteiger charge is 2.60. The molecule has 5 nitrogen and oxygen atoms in total. The van der Waals surface area contributed by atoms with Crippen molar-refractivity contribution in [1.29, 1.82) is 0 Å². The van der Waals surface area contributed by atoms with Crippen molar-refractivity contribution in [2.75, 3.05) is 9.96 Å². The number of amides is 2. The van der Waals surface area contributed by atoms with Crippen LogP contribution < -0.4 is 9.96 Å². The number of nitrogens with zero attached hydrogens (tertiary/aromatic N) is 2. The lowest BCUT2D eigenvalue weighted by molar-refractivity contribution is -0.137. The van der Waals surface area contributed by atoms with Crippen LogP contribution in [0.15, 0.2) is 77.3 Å². The van der Waals surface area contributed by atoms with Crippen molar-refractivity contribution >= 4 is 50.7 Å². The molecule has 0 N–H and O–H groups in total. The monoisotopic (exact) mass is 550 g/mol. The molecule has 2 amide bonds. The third-order valence-corrected chi connectivity index (χ3v) is 6.57. The maximum atomic E-state index is 13.5. The van der Waals surface area contributed by atoms with E-state index in [9.17, 15) is 22.8 Å². The lowest BCUT2D eigenvalue weighted by Gasteiger charge is -2.29. The van der Waals surface area contributed by atoms with Crippen LogP contribution in [0.1, 0.15) is 17.2 Å². The molecule has 2 aliphatic rings. The van der Waals surface area contributed by atoms with E-state index in [1.165, 1.54) is 11.1 Å². The predicted octanol–water partition coefficient (Wildman–Crippen LogP) is 6.17. The molecule has 3 aromatic rings. The van der Waals surface area contributed by atoms with Gasteiger partial charge in [-0.05, 0) is 54.1 Å². The first kappa shape index (κ1) is 22.9. The maximum Gasteiger partial charge on any atom is 0.416 e. The molecule has 2 heterocycles. The van der Waals surface area contributed by atoms with E-state index in [1.54, 1.807) is 42.5 Å². The Labute approximate surface area is 205 Å². The first-order valence-electron chi connectivity index (χ1n) is 10.2. The lowest BCUT2D eigenvalue weighted by atomic mass is 9.90. The van der Waals surface area contributed by atoms with Crippen molar-refractivity contribution in [2.24, 2.45) is 5.92 Å². The third-order valence-electron chi connectivity index (χ3n) is 5.82. The van der Waals surface area contributed by atoms with E-state index in [4.69, 9.17) is 16.4 Å². The number of hydroxylamine groups is 1. The number of hydrogen-bond donors (Lipinski definition) is 0. The molecule has 2 saturated heterocycles. The van der Waals surface area contributed by atoms with Crippen LogP contribution in [0.3, 0.4) is 0 Å². The van der Waals surface area contributed by atoms with Crippen LogP contribution in [-0.4, -0.2) is 17.9 Å². The van der Waals surface area contributed by atoms with Crippen LogP contribution in [0.5, 0.6) is 0 Å². The molecule has 0 bridgehead atoms. The highest BCUT2D eigenvalue weighted by atomic mass is 79.9. The normalized spacial score (nSPS) is 22.4. The van der Waals surface area contributed by atoms with Gasteiger partial charge < -0.3 is 0 Å². The Balaban J connectivity index is 1.57. The summed E-state index contributed by atoms with van der Waals surface area (Å²) in [4.78, 5) is 33.6. The Kier molecular flexibility index (Phi) is 5.66. The molecular formula is C24H15BrClF3N2O3. The SMILES string of the molecule is O=C1[C@H]2[C@H](ON(c3cccc(Br)c3)[C@@H]2c2ccc(Cl)cc2)C(=O)N1c1cccc(C(F)(F)F)c1. The summed E-state index contributed by atoms with van der Waals surface area (Å²) >= 11 is 9.45. The molecule has 3 atom stereocenters. The Hall–Kier alpha value is -2.88. The topological polar surface area (TPSA) is 49.9 Å². The summed E-state index contributed by atoms with van der Waals surface area (Å²) in [5.74, 6) is -2.32. The first-order valence-corrected chi connectivity index (χ1v) is 11.3. The largest absolute Gasteiger partial charge is 0.416 e. The average Bonchev–Trinajstić information content (AvgIpc) is 3.30. The number of benzene rings is 3. The number of hydrogen-bond acceptors (Lipinski definition) is 4. The van der Waals surface area contributed by atoms with Crippen LogP contribution in [0.25, 0.3) is 0 Å². The number of carbonyl (C=O) groups excluding carboxylic acids is 2. The summed E-state index contributed by atoms with van der Waals surface area (Å²) in [5.41, 5.74) is 0.180. The average molecular weight is 552 g/mol. The van der Waals surface area contributed by atoms with E-state index in [1.807, 2.05) is 6.07 Å². The van der Waals surface area contributed by atoms with E-state index in [-0.39, 0.29) is 5.69 Å². The second-order valence-corrected chi connectivity index (χ2v) is 9.27. The predicted molar refractivity (Wildman–Crippen MR) is 123 cm³/mol. The molecule has 174 valence electrons. The van der Waals surface area contributed by atoms with Gasteiger partial charge >= 0.3 is 6.18 Å². The quantitative estimate of drug-likeness (QED) is 0.365. The molecule has 0 radical (unpaired) electrons. The van der Waals surface area contributed by atoms with Gasteiger partial charge in [0.05, 0.1) is 23.0 Å². The van der Waals surface area contributed by atoms with Gasteiger partial charge in [-0.1, -0.05) is 51.8 Å². The van der Waals surface area contributed by atoms with Gasteiger partial charge in [0, 0.05) is 9.50 Å². The van der Waals surface area contributed by atoms with Gasteiger partial charge in [0.1, 0.15) is 5.92 Å². The molecule has 5 rings (SSSR count). The molecule has 34 heavy (non-hydrogen) atoms.